The third-order valence-electron chi connectivity index (χ3n) is 2.80. The number of carbonyl (C=O) groups excluding carboxylic acids is 1. The summed E-state index contributed by atoms with van der Waals surface area (Å²) >= 11 is 0. The Morgan fingerprint density at radius 1 is 1.50 bits per heavy atom. The molecule has 0 heterocycles. The molecule has 0 amide bonds. The molecular formula is C14H18N4O4. The molecule has 1 atom stereocenters. The Bertz CT molecular complexity index is 630. The first-order valence-corrected chi connectivity index (χ1v) is 6.75. The summed E-state index contributed by atoms with van der Waals surface area (Å²) in [6, 6.07) is 3.60. The summed E-state index contributed by atoms with van der Waals surface area (Å²) in [6.07, 6.45) is 0.493. The van der Waals surface area contributed by atoms with Crippen LogP contribution in [0.15, 0.2) is 23.3 Å². The second-order valence-electron chi connectivity index (χ2n) is 5.66. The molecule has 22 heavy (non-hydrogen) atoms. The first-order chi connectivity index (χ1) is 10.2. The van der Waals surface area contributed by atoms with E-state index in [0.29, 0.717) is 12.0 Å². The monoisotopic (exact) mass is 306 g/mol. The zero-order valence-corrected chi connectivity index (χ0v) is 12.9. The number of hydrogen-bond acceptors (Lipinski definition) is 5. The Kier molecular flexibility index (Phi) is 5.48. The summed E-state index contributed by atoms with van der Waals surface area (Å²) < 4.78 is 5.16. The third-order valence-corrected chi connectivity index (χ3v) is 2.80. The van der Waals surface area contributed by atoms with Crippen molar-refractivity contribution in [2.75, 3.05) is 0 Å². The zero-order chi connectivity index (χ0) is 16.9. The number of nitro benzene ring substituents is 1. The number of azide groups is 1. The molecule has 1 rings (SSSR count). The van der Waals surface area contributed by atoms with E-state index in [1.807, 2.05) is 0 Å². The van der Waals surface area contributed by atoms with Crippen LogP contribution in [0, 0.1) is 10.1 Å². The number of nitrogens with zero attached hydrogens (tertiary/aromatic N) is 4. The molecule has 0 aliphatic carbocycles. The highest BCUT2D eigenvalue weighted by Crippen LogP contribution is 2.29. The Morgan fingerprint density at radius 3 is 2.59 bits per heavy atom. The average molecular weight is 306 g/mol. The minimum atomic E-state index is -0.761. The molecule has 0 aromatic heterocycles. The van der Waals surface area contributed by atoms with Gasteiger partial charge >= 0.3 is 5.97 Å². The molecule has 8 heteroatoms. The van der Waals surface area contributed by atoms with Crippen molar-refractivity contribution in [1.29, 1.82) is 0 Å². The highest BCUT2D eigenvalue weighted by Gasteiger charge is 2.26. The van der Waals surface area contributed by atoms with Crippen LogP contribution in [0.2, 0.25) is 0 Å². The summed E-state index contributed by atoms with van der Waals surface area (Å²) in [5.74, 6) is -0.761. The van der Waals surface area contributed by atoms with Crippen LogP contribution in [0.4, 0.5) is 5.69 Å². The van der Waals surface area contributed by atoms with Crippen molar-refractivity contribution in [2.45, 2.75) is 45.8 Å². The van der Waals surface area contributed by atoms with E-state index < -0.39 is 22.5 Å². The fourth-order valence-electron chi connectivity index (χ4n) is 1.86. The summed E-state index contributed by atoms with van der Waals surface area (Å²) in [4.78, 5) is 25.3. The van der Waals surface area contributed by atoms with Gasteiger partial charge in [-0.25, -0.2) is 4.79 Å². The van der Waals surface area contributed by atoms with E-state index in [1.54, 1.807) is 27.7 Å². The lowest BCUT2D eigenvalue weighted by molar-refractivity contribution is -0.385. The number of esters is 1. The molecule has 1 aromatic carbocycles. The van der Waals surface area contributed by atoms with Gasteiger partial charge in [-0.3, -0.25) is 10.1 Å². The normalized spacial score (nSPS) is 12.2. The second kappa shape index (κ2) is 6.91. The third kappa shape index (κ3) is 4.46. The first kappa shape index (κ1) is 17.5. The first-order valence-electron chi connectivity index (χ1n) is 6.75. The molecule has 8 nitrogen and oxygen atoms in total. The Labute approximate surface area is 127 Å². The molecule has 1 aromatic rings. The molecular weight excluding hydrogens is 288 g/mol. The lowest BCUT2D eigenvalue weighted by Gasteiger charge is -2.19. The number of rotatable bonds is 5. The topological polar surface area (TPSA) is 118 Å². The molecule has 0 aliphatic heterocycles. The molecule has 0 spiro atoms. The van der Waals surface area contributed by atoms with E-state index in [1.165, 1.54) is 18.2 Å². The lowest BCUT2D eigenvalue weighted by Crippen LogP contribution is -2.24. The van der Waals surface area contributed by atoms with Crippen molar-refractivity contribution < 1.29 is 14.5 Å². The minimum Gasteiger partial charge on any atom is -0.456 e. The summed E-state index contributed by atoms with van der Waals surface area (Å²) in [6.45, 7) is 6.84. The van der Waals surface area contributed by atoms with Gasteiger partial charge in [0.05, 0.1) is 11.0 Å². The van der Waals surface area contributed by atoms with Crippen molar-refractivity contribution in [3.63, 3.8) is 0 Å². The molecule has 0 bridgehead atoms. The van der Waals surface area contributed by atoms with Crippen LogP contribution in [-0.2, 0) is 4.74 Å². The van der Waals surface area contributed by atoms with Crippen molar-refractivity contribution in [1.82, 2.24) is 0 Å². The fourth-order valence-corrected chi connectivity index (χ4v) is 1.86. The van der Waals surface area contributed by atoms with Crippen LogP contribution in [0.1, 0.15) is 56.1 Å². The SMILES string of the molecule is CC[C@@H](N=[N+]=[N-])c1ccc(C(=O)OC(C)(C)C)c([N+](=O)[O-])c1. The van der Waals surface area contributed by atoms with Gasteiger partial charge in [0, 0.05) is 11.0 Å². The van der Waals surface area contributed by atoms with E-state index in [9.17, 15) is 14.9 Å². The molecule has 0 unspecified atom stereocenters. The largest absolute Gasteiger partial charge is 0.456 e. The minimum absolute atomic E-state index is 0.125. The van der Waals surface area contributed by atoms with Gasteiger partial charge in [0.25, 0.3) is 5.69 Å². The molecule has 0 aliphatic rings. The maximum Gasteiger partial charge on any atom is 0.345 e. The van der Waals surface area contributed by atoms with E-state index in [4.69, 9.17) is 10.3 Å². The number of carbonyl (C=O) groups is 1. The number of nitro groups is 1. The highest BCUT2D eigenvalue weighted by atomic mass is 16.6. The molecule has 118 valence electrons. The van der Waals surface area contributed by atoms with E-state index in [2.05, 4.69) is 10.0 Å². The summed E-state index contributed by atoms with van der Waals surface area (Å²) in [5, 5.41) is 14.8. The van der Waals surface area contributed by atoms with Crippen LogP contribution < -0.4 is 0 Å². The number of benzene rings is 1. The van der Waals surface area contributed by atoms with Crippen molar-refractivity contribution >= 4 is 11.7 Å². The van der Waals surface area contributed by atoms with E-state index in [-0.39, 0.29) is 11.3 Å². The van der Waals surface area contributed by atoms with Crippen LogP contribution in [0.5, 0.6) is 0 Å². The fraction of sp³-hybridized carbons (Fsp3) is 0.500. The molecule has 0 radical (unpaired) electrons. The summed E-state index contributed by atoms with van der Waals surface area (Å²) in [5.41, 5.74) is 7.78. The predicted molar refractivity (Wildman–Crippen MR) is 80.4 cm³/mol. The Morgan fingerprint density at radius 2 is 2.14 bits per heavy atom. The Hall–Kier alpha value is -2.60. The van der Waals surface area contributed by atoms with Gasteiger partial charge < -0.3 is 4.74 Å². The van der Waals surface area contributed by atoms with E-state index in [0.717, 1.165) is 0 Å². The maximum atomic E-state index is 12.1. The Balaban J connectivity index is 3.29. The highest BCUT2D eigenvalue weighted by molar-refractivity contribution is 5.94. The zero-order valence-electron chi connectivity index (χ0n) is 12.9. The van der Waals surface area contributed by atoms with Crippen molar-refractivity contribution in [3.8, 4) is 0 Å². The molecule has 0 saturated heterocycles. The van der Waals surface area contributed by atoms with Crippen molar-refractivity contribution in [2.24, 2.45) is 5.11 Å². The van der Waals surface area contributed by atoms with Gasteiger partial charge in [0.1, 0.15) is 11.2 Å². The van der Waals surface area contributed by atoms with Gasteiger partial charge in [-0.2, -0.15) is 0 Å². The van der Waals surface area contributed by atoms with E-state index >= 15 is 0 Å². The van der Waals surface area contributed by atoms with Gasteiger partial charge in [0.15, 0.2) is 0 Å². The predicted octanol–water partition coefficient (Wildman–Crippen LogP) is 4.31. The number of hydrogen-bond donors (Lipinski definition) is 0. The van der Waals surface area contributed by atoms with Gasteiger partial charge in [-0.05, 0) is 44.4 Å². The van der Waals surface area contributed by atoms with Gasteiger partial charge in [0.2, 0.25) is 0 Å². The van der Waals surface area contributed by atoms with Crippen molar-refractivity contribution in [3.05, 3.63) is 49.9 Å². The maximum absolute atomic E-state index is 12.1. The lowest BCUT2D eigenvalue weighted by atomic mass is 10.0. The standard InChI is InChI=1S/C14H18N4O4/c1-5-11(16-17-15)9-6-7-10(12(8-9)18(20)21)13(19)22-14(2,3)4/h6-8,11H,5H2,1-4H3/t11-/m1/s1. The smallest absolute Gasteiger partial charge is 0.345 e. The number of ether oxygens (including phenoxy) is 1. The van der Waals surface area contributed by atoms with Crippen LogP contribution >= 0.6 is 0 Å². The van der Waals surface area contributed by atoms with Gasteiger partial charge in [-0.1, -0.05) is 18.1 Å². The molecule has 0 N–H and O–H groups in total. The second-order valence-corrected chi connectivity index (χ2v) is 5.66. The molecule has 0 fully saturated rings. The van der Waals surface area contributed by atoms with Crippen LogP contribution in [-0.4, -0.2) is 16.5 Å². The van der Waals surface area contributed by atoms with Crippen LogP contribution in [0.25, 0.3) is 10.4 Å². The van der Waals surface area contributed by atoms with Crippen LogP contribution in [0.3, 0.4) is 0 Å². The summed E-state index contributed by atoms with van der Waals surface area (Å²) in [7, 11) is 0. The average Bonchev–Trinajstić information content (AvgIpc) is 2.42. The molecule has 0 saturated carbocycles. The van der Waals surface area contributed by atoms with Gasteiger partial charge in [-0.15, -0.1) is 0 Å². The quantitative estimate of drug-likeness (QED) is 0.201.